The van der Waals surface area contributed by atoms with Gasteiger partial charge in [-0.15, -0.1) is 0 Å². The monoisotopic (exact) mass is 287 g/mol. The second-order valence-electron chi connectivity index (χ2n) is 5.50. The number of rotatable bonds is 5. The quantitative estimate of drug-likeness (QED) is 0.814. The molecule has 5 nitrogen and oxygen atoms in total. The second kappa shape index (κ2) is 5.88. The first-order valence-corrected chi connectivity index (χ1v) is 7.92. The van der Waals surface area contributed by atoms with Gasteiger partial charge >= 0.3 is 0 Å². The van der Waals surface area contributed by atoms with Crippen LogP contribution in [0.15, 0.2) is 23.1 Å². The molecule has 0 bridgehead atoms. The summed E-state index contributed by atoms with van der Waals surface area (Å²) in [5.74, 6) is -0.323. The molecule has 0 unspecified atom stereocenters. The van der Waals surface area contributed by atoms with Crippen LogP contribution in [-0.2, 0) is 27.4 Å². The predicted octanol–water partition coefficient (Wildman–Crippen LogP) is 1.12. The summed E-state index contributed by atoms with van der Waals surface area (Å²) >= 11 is 0. The average Bonchev–Trinajstić information content (AvgIpc) is 2.22. The van der Waals surface area contributed by atoms with Crippen molar-refractivity contribution in [2.45, 2.75) is 32.1 Å². The molecule has 0 aliphatic rings. The molecule has 0 saturated carbocycles. The summed E-state index contributed by atoms with van der Waals surface area (Å²) < 4.78 is 30.6. The highest BCUT2D eigenvalue weighted by atomic mass is 32.2. The number of pyridine rings is 1. The van der Waals surface area contributed by atoms with Gasteiger partial charge in [-0.2, -0.15) is 0 Å². The highest BCUT2D eigenvalue weighted by molar-refractivity contribution is 7.90. The van der Waals surface area contributed by atoms with E-state index < -0.39 is 9.84 Å². The van der Waals surface area contributed by atoms with Gasteiger partial charge in [-0.3, -0.25) is 4.79 Å². The normalized spacial score (nSPS) is 12.6. The fourth-order valence-corrected chi connectivity index (χ4v) is 2.72. The topological polar surface area (TPSA) is 65.4 Å². The maximum Gasteiger partial charge on any atom is 0.254 e. The van der Waals surface area contributed by atoms with Crippen molar-refractivity contribution in [2.75, 3.05) is 12.4 Å². The molecule has 108 valence electrons. The van der Waals surface area contributed by atoms with Crippen LogP contribution in [0, 0.1) is 0 Å². The Morgan fingerprint density at radius 2 is 1.95 bits per heavy atom. The third kappa shape index (κ3) is 5.57. The molecule has 0 atom stereocenters. The summed E-state index contributed by atoms with van der Waals surface area (Å²) in [5.41, 5.74) is -0.345. The van der Waals surface area contributed by atoms with Gasteiger partial charge in [0.2, 0.25) is 0 Å². The molecule has 0 amide bonds. The molecule has 0 saturated heterocycles. The number of ether oxygens (including phenoxy) is 1. The summed E-state index contributed by atoms with van der Waals surface area (Å²) in [6.45, 7) is 5.74. The van der Waals surface area contributed by atoms with Gasteiger partial charge in [-0.25, -0.2) is 8.42 Å². The van der Waals surface area contributed by atoms with Gasteiger partial charge in [0.15, 0.2) is 9.84 Å². The van der Waals surface area contributed by atoms with Crippen LogP contribution < -0.4 is 5.56 Å². The number of aryl methyl sites for hydroxylation is 1. The zero-order chi connectivity index (χ0) is 14.7. The van der Waals surface area contributed by atoms with Crippen molar-refractivity contribution in [3.63, 3.8) is 0 Å². The van der Waals surface area contributed by atoms with Gasteiger partial charge in [0.25, 0.3) is 5.56 Å². The third-order valence-corrected chi connectivity index (χ3v) is 4.05. The van der Waals surface area contributed by atoms with Crippen molar-refractivity contribution in [2.24, 2.45) is 7.05 Å². The summed E-state index contributed by atoms with van der Waals surface area (Å²) in [6.07, 6.45) is 1.60. The van der Waals surface area contributed by atoms with Crippen LogP contribution in [0.4, 0.5) is 0 Å². The van der Waals surface area contributed by atoms with Crippen molar-refractivity contribution in [1.82, 2.24) is 4.57 Å². The lowest BCUT2D eigenvalue weighted by Crippen LogP contribution is -2.26. The molecule has 0 radical (unpaired) electrons. The van der Waals surface area contributed by atoms with E-state index in [0.717, 1.165) is 0 Å². The SMILES string of the molecule is Cn1cccc(CS(=O)(=O)CCOC(C)(C)C)c1=O. The van der Waals surface area contributed by atoms with Gasteiger partial charge in [0.1, 0.15) is 0 Å². The van der Waals surface area contributed by atoms with Gasteiger partial charge < -0.3 is 9.30 Å². The number of hydrogen-bond donors (Lipinski definition) is 0. The summed E-state index contributed by atoms with van der Waals surface area (Å²) in [6, 6.07) is 3.21. The van der Waals surface area contributed by atoms with Crippen LogP contribution in [-0.4, -0.2) is 30.9 Å². The highest BCUT2D eigenvalue weighted by Gasteiger charge is 2.17. The van der Waals surface area contributed by atoms with E-state index in [1.165, 1.54) is 4.57 Å². The summed E-state index contributed by atoms with van der Waals surface area (Å²) in [4.78, 5) is 11.7. The van der Waals surface area contributed by atoms with Crippen LogP contribution in [0.2, 0.25) is 0 Å². The van der Waals surface area contributed by atoms with Gasteiger partial charge in [-0.05, 0) is 26.8 Å². The summed E-state index contributed by atoms with van der Waals surface area (Å²) in [5, 5.41) is 0. The maximum absolute atomic E-state index is 11.9. The van der Waals surface area contributed by atoms with Crippen LogP contribution in [0.5, 0.6) is 0 Å². The second-order valence-corrected chi connectivity index (χ2v) is 7.69. The minimum Gasteiger partial charge on any atom is -0.375 e. The Labute approximate surface area is 114 Å². The molecule has 1 rings (SSSR count). The maximum atomic E-state index is 11.9. The molecule has 0 fully saturated rings. The fourth-order valence-electron chi connectivity index (χ4n) is 1.55. The molecule has 1 aromatic rings. The number of hydrogen-bond acceptors (Lipinski definition) is 4. The van der Waals surface area contributed by atoms with E-state index in [0.29, 0.717) is 5.56 Å². The minimum absolute atomic E-state index is 0.0810. The van der Waals surface area contributed by atoms with Crippen LogP contribution in [0.25, 0.3) is 0 Å². The molecule has 0 aromatic carbocycles. The molecule has 1 aromatic heterocycles. The van der Waals surface area contributed by atoms with Crippen LogP contribution in [0.1, 0.15) is 26.3 Å². The van der Waals surface area contributed by atoms with E-state index in [4.69, 9.17) is 4.74 Å². The lowest BCUT2D eigenvalue weighted by Gasteiger charge is -2.19. The largest absolute Gasteiger partial charge is 0.375 e. The van der Waals surface area contributed by atoms with Gasteiger partial charge in [0.05, 0.1) is 23.7 Å². The van der Waals surface area contributed by atoms with E-state index in [9.17, 15) is 13.2 Å². The Kier molecular flexibility index (Phi) is 4.92. The predicted molar refractivity (Wildman–Crippen MR) is 74.9 cm³/mol. The number of sulfone groups is 1. The lowest BCUT2D eigenvalue weighted by molar-refractivity contribution is 0.00644. The van der Waals surface area contributed by atoms with Crippen molar-refractivity contribution in [1.29, 1.82) is 0 Å². The van der Waals surface area contributed by atoms with E-state index >= 15 is 0 Å². The van der Waals surface area contributed by atoms with Crippen molar-refractivity contribution >= 4 is 9.84 Å². The Morgan fingerprint density at radius 3 is 2.53 bits per heavy atom. The van der Waals surface area contributed by atoms with E-state index in [1.807, 2.05) is 20.8 Å². The average molecular weight is 287 g/mol. The van der Waals surface area contributed by atoms with Gasteiger partial charge in [0, 0.05) is 18.8 Å². The number of nitrogens with zero attached hydrogens (tertiary/aromatic N) is 1. The highest BCUT2D eigenvalue weighted by Crippen LogP contribution is 2.08. The van der Waals surface area contributed by atoms with Crippen molar-refractivity contribution in [3.05, 3.63) is 34.2 Å². The molecule has 0 N–H and O–H groups in total. The first-order chi connectivity index (χ1) is 8.61. The van der Waals surface area contributed by atoms with Crippen molar-refractivity contribution < 1.29 is 13.2 Å². The van der Waals surface area contributed by atoms with E-state index in [2.05, 4.69) is 0 Å². The third-order valence-electron chi connectivity index (χ3n) is 2.51. The van der Waals surface area contributed by atoms with Crippen molar-refractivity contribution in [3.8, 4) is 0 Å². The molecule has 6 heteroatoms. The van der Waals surface area contributed by atoms with Gasteiger partial charge in [-0.1, -0.05) is 6.07 Å². The Bertz CT molecular complexity index is 581. The molecular formula is C13H21NO4S. The molecule has 0 spiro atoms. The molecule has 19 heavy (non-hydrogen) atoms. The Morgan fingerprint density at radius 1 is 1.32 bits per heavy atom. The lowest BCUT2D eigenvalue weighted by atomic mass is 10.2. The zero-order valence-corrected chi connectivity index (χ0v) is 12.7. The van der Waals surface area contributed by atoms with E-state index in [1.54, 1.807) is 25.4 Å². The molecule has 0 aliphatic carbocycles. The van der Waals surface area contributed by atoms with Crippen LogP contribution >= 0.6 is 0 Å². The first kappa shape index (κ1) is 15.9. The zero-order valence-electron chi connectivity index (χ0n) is 11.8. The molecule has 0 aliphatic heterocycles. The molecule has 1 heterocycles. The number of aromatic nitrogens is 1. The summed E-state index contributed by atoms with van der Waals surface area (Å²) in [7, 11) is -1.74. The minimum atomic E-state index is -3.33. The smallest absolute Gasteiger partial charge is 0.254 e. The Hall–Kier alpha value is -1.14. The Balaban J connectivity index is 2.70. The van der Waals surface area contributed by atoms with Crippen LogP contribution in [0.3, 0.4) is 0 Å². The fraction of sp³-hybridized carbons (Fsp3) is 0.615. The molecular weight excluding hydrogens is 266 g/mol. The van der Waals surface area contributed by atoms with E-state index in [-0.39, 0.29) is 29.3 Å². The first-order valence-electron chi connectivity index (χ1n) is 6.10. The standard InChI is InChI=1S/C13H21NO4S/c1-13(2,3)18-8-9-19(16,17)10-11-6-5-7-14(4)12(11)15/h5-7H,8-10H2,1-4H3.